The highest BCUT2D eigenvalue weighted by Crippen LogP contribution is 2.52. The van der Waals surface area contributed by atoms with Crippen LogP contribution in [0.25, 0.3) is 0 Å². The zero-order valence-electron chi connectivity index (χ0n) is 14.1. The largest absolute Gasteiger partial charge is 0.342 e. The summed E-state index contributed by atoms with van der Waals surface area (Å²) in [6.45, 7) is 1.78. The van der Waals surface area contributed by atoms with Crippen LogP contribution in [0.5, 0.6) is 0 Å². The number of carbonyl (C=O) groups excluding carboxylic acids is 1. The van der Waals surface area contributed by atoms with E-state index in [0.717, 1.165) is 54.8 Å². The number of likely N-dealkylation sites (tertiary alicyclic amines) is 1. The van der Waals surface area contributed by atoms with Crippen molar-refractivity contribution in [1.82, 2.24) is 19.7 Å². The van der Waals surface area contributed by atoms with Crippen molar-refractivity contribution in [3.05, 3.63) is 10.6 Å². The lowest BCUT2D eigenvalue weighted by atomic mass is 9.81. The molecule has 6 heteroatoms. The smallest absolute Gasteiger partial charge is 0.225 e. The van der Waals surface area contributed by atoms with Crippen LogP contribution >= 0.6 is 12.2 Å². The van der Waals surface area contributed by atoms with Crippen molar-refractivity contribution in [3.8, 4) is 0 Å². The van der Waals surface area contributed by atoms with Gasteiger partial charge in [0.2, 0.25) is 5.91 Å². The topological polar surface area (TPSA) is 53.9 Å². The summed E-state index contributed by atoms with van der Waals surface area (Å²) >= 11 is 5.40. The van der Waals surface area contributed by atoms with Crippen LogP contribution in [0.1, 0.15) is 69.2 Å². The fraction of sp³-hybridized carbons (Fsp3) is 0.833. The number of rotatable bonds is 4. The molecule has 1 N–H and O–H groups in total. The monoisotopic (exact) mass is 346 g/mol. The molecule has 5 rings (SSSR count). The number of aromatic amines is 1. The molecule has 0 aromatic carbocycles. The first kappa shape index (κ1) is 15.1. The lowest BCUT2D eigenvalue weighted by Gasteiger charge is -2.32. The molecule has 2 heterocycles. The van der Waals surface area contributed by atoms with Crippen LogP contribution in [0.3, 0.4) is 0 Å². The molecule has 3 saturated carbocycles. The van der Waals surface area contributed by atoms with Crippen molar-refractivity contribution >= 4 is 18.1 Å². The first-order valence-electron chi connectivity index (χ1n) is 9.68. The predicted molar refractivity (Wildman–Crippen MR) is 93.2 cm³/mol. The van der Waals surface area contributed by atoms with Gasteiger partial charge in [0.25, 0.3) is 0 Å². The molecule has 24 heavy (non-hydrogen) atoms. The average Bonchev–Trinajstić information content (AvgIpc) is 3.46. The molecule has 0 bridgehead atoms. The van der Waals surface area contributed by atoms with Crippen molar-refractivity contribution in [2.24, 2.45) is 17.8 Å². The Morgan fingerprint density at radius 1 is 1.12 bits per heavy atom. The zero-order chi connectivity index (χ0) is 16.3. The van der Waals surface area contributed by atoms with E-state index in [9.17, 15) is 4.79 Å². The Morgan fingerprint density at radius 3 is 2.50 bits per heavy atom. The minimum Gasteiger partial charge on any atom is -0.342 e. The van der Waals surface area contributed by atoms with E-state index in [2.05, 4.69) is 19.7 Å². The maximum Gasteiger partial charge on any atom is 0.225 e. The maximum absolute atomic E-state index is 12.7. The lowest BCUT2D eigenvalue weighted by molar-refractivity contribution is -0.134. The van der Waals surface area contributed by atoms with E-state index in [1.165, 1.54) is 32.1 Å². The van der Waals surface area contributed by atoms with E-state index >= 15 is 0 Å². The number of carbonyl (C=O) groups is 1. The molecule has 1 aromatic rings. The fourth-order valence-electron chi connectivity index (χ4n) is 4.77. The summed E-state index contributed by atoms with van der Waals surface area (Å²) in [4.78, 5) is 14.9. The molecule has 1 saturated heterocycles. The molecule has 1 amide bonds. The molecule has 4 fully saturated rings. The molecule has 5 nitrogen and oxygen atoms in total. The van der Waals surface area contributed by atoms with Gasteiger partial charge in [0.05, 0.1) is 0 Å². The molecule has 4 aliphatic rings. The van der Waals surface area contributed by atoms with Crippen LogP contribution in [0.15, 0.2) is 0 Å². The summed E-state index contributed by atoms with van der Waals surface area (Å²) < 4.78 is 3.01. The Morgan fingerprint density at radius 2 is 1.88 bits per heavy atom. The summed E-state index contributed by atoms with van der Waals surface area (Å²) in [5.41, 5.74) is 0. The van der Waals surface area contributed by atoms with Crippen molar-refractivity contribution < 1.29 is 4.79 Å². The van der Waals surface area contributed by atoms with Crippen LogP contribution in [-0.2, 0) is 4.79 Å². The van der Waals surface area contributed by atoms with Gasteiger partial charge in [-0.2, -0.15) is 5.10 Å². The normalized spacial score (nSPS) is 31.1. The van der Waals surface area contributed by atoms with Crippen molar-refractivity contribution in [1.29, 1.82) is 0 Å². The third kappa shape index (κ3) is 2.54. The third-order valence-corrected chi connectivity index (χ3v) is 7.02. The summed E-state index contributed by atoms with van der Waals surface area (Å²) in [7, 11) is 0. The minimum atomic E-state index is 0.355. The second-order valence-corrected chi connectivity index (χ2v) is 8.67. The number of H-pyrrole nitrogens is 1. The van der Waals surface area contributed by atoms with Gasteiger partial charge in [-0.1, -0.05) is 19.3 Å². The summed E-state index contributed by atoms with van der Waals surface area (Å²) in [6.07, 6.45) is 9.76. The summed E-state index contributed by atoms with van der Waals surface area (Å²) in [5.74, 6) is 3.95. The molecule has 0 spiro atoms. The van der Waals surface area contributed by atoms with Gasteiger partial charge in [0.1, 0.15) is 5.82 Å². The SMILES string of the molecule is O=C([C@@H]1C[C@H]1C1CCC1)N1CCC(c2n[nH]c(=S)n2C2CC2)CC1. The second kappa shape index (κ2) is 5.68. The highest BCUT2D eigenvalue weighted by molar-refractivity contribution is 7.71. The second-order valence-electron chi connectivity index (χ2n) is 8.28. The van der Waals surface area contributed by atoms with Crippen LogP contribution < -0.4 is 0 Å². The van der Waals surface area contributed by atoms with Crippen molar-refractivity contribution in [3.63, 3.8) is 0 Å². The zero-order valence-corrected chi connectivity index (χ0v) is 14.9. The van der Waals surface area contributed by atoms with Gasteiger partial charge in [-0.05, 0) is 56.2 Å². The first-order chi connectivity index (χ1) is 11.7. The van der Waals surface area contributed by atoms with E-state index in [4.69, 9.17) is 12.2 Å². The number of hydrogen-bond donors (Lipinski definition) is 1. The number of nitrogens with one attached hydrogen (secondary N) is 1. The Bertz CT molecular complexity index is 694. The Kier molecular flexibility index (Phi) is 3.58. The van der Waals surface area contributed by atoms with E-state index in [-0.39, 0.29) is 0 Å². The van der Waals surface area contributed by atoms with Gasteiger partial charge in [-0.3, -0.25) is 9.89 Å². The van der Waals surface area contributed by atoms with Gasteiger partial charge >= 0.3 is 0 Å². The maximum atomic E-state index is 12.7. The van der Waals surface area contributed by atoms with Crippen molar-refractivity contribution in [2.45, 2.75) is 63.3 Å². The van der Waals surface area contributed by atoms with Crippen LogP contribution in [0.2, 0.25) is 0 Å². The quantitative estimate of drug-likeness (QED) is 0.850. The Labute approximate surface area is 147 Å². The molecular formula is C18H26N4OS. The summed E-state index contributed by atoms with van der Waals surface area (Å²) in [5, 5.41) is 7.50. The van der Waals surface area contributed by atoms with E-state index in [0.29, 0.717) is 23.8 Å². The van der Waals surface area contributed by atoms with Gasteiger partial charge in [0.15, 0.2) is 4.77 Å². The van der Waals surface area contributed by atoms with Crippen LogP contribution in [0.4, 0.5) is 0 Å². The van der Waals surface area contributed by atoms with Crippen LogP contribution in [0, 0.1) is 22.5 Å². The van der Waals surface area contributed by atoms with E-state index < -0.39 is 0 Å². The van der Waals surface area contributed by atoms with Gasteiger partial charge in [-0.15, -0.1) is 0 Å². The molecule has 3 aliphatic carbocycles. The number of nitrogens with zero attached hydrogens (tertiary/aromatic N) is 3. The molecule has 2 atom stereocenters. The number of hydrogen-bond acceptors (Lipinski definition) is 3. The van der Waals surface area contributed by atoms with Crippen molar-refractivity contribution in [2.75, 3.05) is 13.1 Å². The minimum absolute atomic E-state index is 0.355. The van der Waals surface area contributed by atoms with Gasteiger partial charge in [-0.25, -0.2) is 0 Å². The molecule has 0 unspecified atom stereocenters. The number of aromatic nitrogens is 3. The van der Waals surface area contributed by atoms with Gasteiger partial charge in [0, 0.05) is 31.0 Å². The highest BCUT2D eigenvalue weighted by Gasteiger charge is 2.50. The fourth-order valence-corrected chi connectivity index (χ4v) is 5.06. The number of amides is 1. The molecule has 130 valence electrons. The lowest BCUT2D eigenvalue weighted by Crippen LogP contribution is -2.39. The average molecular weight is 347 g/mol. The van der Waals surface area contributed by atoms with E-state index in [1.54, 1.807) is 0 Å². The third-order valence-electron chi connectivity index (χ3n) is 6.73. The number of piperidine rings is 1. The van der Waals surface area contributed by atoms with Gasteiger partial charge < -0.3 is 9.47 Å². The highest BCUT2D eigenvalue weighted by atomic mass is 32.1. The molecule has 0 radical (unpaired) electrons. The Balaban J connectivity index is 1.20. The molecule has 1 aliphatic heterocycles. The van der Waals surface area contributed by atoms with Crippen LogP contribution in [-0.4, -0.2) is 38.7 Å². The first-order valence-corrected chi connectivity index (χ1v) is 10.1. The standard InChI is InChI=1S/C18H26N4OS/c23-17(15-10-14(15)11-2-1-3-11)21-8-6-12(7-9-21)16-19-20-18(24)22(16)13-4-5-13/h11-15H,1-10H2,(H,20,24)/t14-,15+/m0/s1. The predicted octanol–water partition coefficient (Wildman–Crippen LogP) is 3.42. The Hall–Kier alpha value is -1.17. The molecular weight excluding hydrogens is 320 g/mol. The molecule has 1 aromatic heterocycles. The van der Waals surface area contributed by atoms with E-state index in [1.807, 2.05) is 0 Å². The summed E-state index contributed by atoms with van der Waals surface area (Å²) in [6, 6.07) is 0.570.